The molecule has 0 unspecified atom stereocenters. The van der Waals surface area contributed by atoms with Gasteiger partial charge in [-0.1, -0.05) is 24.3 Å². The predicted molar refractivity (Wildman–Crippen MR) is 75.7 cm³/mol. The molecule has 19 heavy (non-hydrogen) atoms. The van der Waals surface area contributed by atoms with E-state index in [2.05, 4.69) is 39.4 Å². The van der Waals surface area contributed by atoms with Crippen LogP contribution in [0.4, 0.5) is 5.82 Å². The molecule has 1 aromatic carbocycles. The van der Waals surface area contributed by atoms with Crippen LogP contribution in [0.25, 0.3) is 0 Å². The summed E-state index contributed by atoms with van der Waals surface area (Å²) in [5, 5.41) is 8.29. The van der Waals surface area contributed by atoms with Crippen molar-refractivity contribution in [1.29, 1.82) is 0 Å². The Balaban J connectivity index is 1.94. The molecule has 0 atom stereocenters. The Bertz CT molecular complexity index is 568. The van der Waals surface area contributed by atoms with Crippen molar-refractivity contribution in [3.05, 3.63) is 53.2 Å². The van der Waals surface area contributed by atoms with E-state index in [1.54, 1.807) is 6.20 Å². The molecule has 1 aliphatic rings. The number of rotatable bonds is 2. The second-order valence-electron chi connectivity index (χ2n) is 4.88. The second kappa shape index (κ2) is 5.36. The van der Waals surface area contributed by atoms with Crippen LogP contribution >= 0.6 is 0 Å². The molecule has 0 radical (unpaired) electrons. The first-order valence-electron chi connectivity index (χ1n) is 6.71. The quantitative estimate of drug-likeness (QED) is 0.889. The molecule has 1 aliphatic heterocycles. The summed E-state index contributed by atoms with van der Waals surface area (Å²) in [5.41, 5.74) is 9.69. The maximum absolute atomic E-state index is 5.80. The highest BCUT2D eigenvalue weighted by atomic mass is 15.3. The van der Waals surface area contributed by atoms with E-state index in [0.29, 0.717) is 6.54 Å². The fraction of sp³-hybridized carbons (Fsp3) is 0.333. The van der Waals surface area contributed by atoms with Crippen molar-refractivity contribution in [1.82, 2.24) is 10.2 Å². The lowest BCUT2D eigenvalue weighted by molar-refractivity contribution is 0.737. The van der Waals surface area contributed by atoms with E-state index >= 15 is 0 Å². The number of anilines is 1. The summed E-state index contributed by atoms with van der Waals surface area (Å²) in [6, 6.07) is 10.6. The van der Waals surface area contributed by atoms with E-state index in [-0.39, 0.29) is 0 Å². The number of fused-ring (bicyclic) bond motifs is 1. The number of aryl methyl sites for hydroxylation is 1. The summed E-state index contributed by atoms with van der Waals surface area (Å²) in [6.45, 7) is 2.39. The van der Waals surface area contributed by atoms with Gasteiger partial charge in [-0.15, -0.1) is 5.10 Å². The highest BCUT2D eigenvalue weighted by molar-refractivity contribution is 5.47. The number of hydrogen-bond acceptors (Lipinski definition) is 4. The van der Waals surface area contributed by atoms with Crippen LogP contribution in [0.2, 0.25) is 0 Å². The van der Waals surface area contributed by atoms with Crippen LogP contribution in [-0.4, -0.2) is 16.7 Å². The Labute approximate surface area is 113 Å². The molecule has 0 saturated carbocycles. The minimum atomic E-state index is 0.503. The number of nitrogens with two attached hydrogens (primary N) is 1. The average molecular weight is 254 g/mol. The molecular formula is C15H18N4. The third kappa shape index (κ3) is 2.44. The fourth-order valence-electron chi connectivity index (χ4n) is 2.66. The molecule has 0 bridgehead atoms. The third-order valence-corrected chi connectivity index (χ3v) is 3.66. The maximum Gasteiger partial charge on any atom is 0.156 e. The van der Waals surface area contributed by atoms with Crippen molar-refractivity contribution in [2.24, 2.45) is 5.73 Å². The third-order valence-electron chi connectivity index (χ3n) is 3.66. The first kappa shape index (κ1) is 12.1. The van der Waals surface area contributed by atoms with Gasteiger partial charge >= 0.3 is 0 Å². The normalized spacial score (nSPS) is 14.9. The zero-order valence-electron chi connectivity index (χ0n) is 10.9. The summed E-state index contributed by atoms with van der Waals surface area (Å²) in [7, 11) is 0. The monoisotopic (exact) mass is 254 g/mol. The summed E-state index contributed by atoms with van der Waals surface area (Å²) in [6.07, 6.45) is 3.97. The van der Waals surface area contributed by atoms with Crippen molar-refractivity contribution in [2.75, 3.05) is 11.4 Å². The van der Waals surface area contributed by atoms with Crippen LogP contribution in [0.5, 0.6) is 0 Å². The minimum Gasteiger partial charge on any atom is -0.351 e. The molecule has 3 rings (SSSR count). The summed E-state index contributed by atoms with van der Waals surface area (Å²) < 4.78 is 0. The number of benzene rings is 1. The molecule has 1 aromatic heterocycles. The van der Waals surface area contributed by atoms with E-state index < -0.39 is 0 Å². The van der Waals surface area contributed by atoms with Crippen molar-refractivity contribution >= 4 is 5.82 Å². The molecule has 0 fully saturated rings. The van der Waals surface area contributed by atoms with Gasteiger partial charge in [0.15, 0.2) is 5.82 Å². The SMILES string of the molecule is NCc1ccnnc1N1CCCc2ccccc2C1. The summed E-state index contributed by atoms with van der Waals surface area (Å²) >= 11 is 0. The van der Waals surface area contributed by atoms with Gasteiger partial charge in [-0.05, 0) is 30.0 Å². The highest BCUT2D eigenvalue weighted by Crippen LogP contribution is 2.24. The molecule has 0 amide bonds. The zero-order chi connectivity index (χ0) is 13.1. The standard InChI is InChI=1S/C15H18N4/c16-10-13-7-8-17-18-15(13)19-9-3-6-12-4-1-2-5-14(12)11-19/h1-2,4-5,7-8H,3,6,9-11,16H2. The lowest BCUT2D eigenvalue weighted by Gasteiger charge is -2.23. The largest absolute Gasteiger partial charge is 0.351 e. The Morgan fingerprint density at radius 3 is 2.84 bits per heavy atom. The van der Waals surface area contributed by atoms with E-state index in [1.165, 1.54) is 11.1 Å². The lowest BCUT2D eigenvalue weighted by atomic mass is 10.0. The smallest absolute Gasteiger partial charge is 0.156 e. The van der Waals surface area contributed by atoms with Crippen molar-refractivity contribution in [3.8, 4) is 0 Å². The molecule has 4 heteroatoms. The first-order valence-corrected chi connectivity index (χ1v) is 6.71. The summed E-state index contributed by atoms with van der Waals surface area (Å²) in [4.78, 5) is 2.29. The van der Waals surface area contributed by atoms with Gasteiger partial charge in [0.05, 0.1) is 6.20 Å². The molecule has 0 saturated heterocycles. The lowest BCUT2D eigenvalue weighted by Crippen LogP contribution is -2.25. The zero-order valence-corrected chi connectivity index (χ0v) is 10.9. The van der Waals surface area contributed by atoms with Crippen molar-refractivity contribution < 1.29 is 0 Å². The van der Waals surface area contributed by atoms with Crippen LogP contribution in [0.15, 0.2) is 36.5 Å². The molecule has 0 aliphatic carbocycles. The summed E-state index contributed by atoms with van der Waals surface area (Å²) in [5.74, 6) is 0.932. The first-order chi connectivity index (χ1) is 9.38. The van der Waals surface area contributed by atoms with Gasteiger partial charge in [0.1, 0.15) is 0 Å². The maximum atomic E-state index is 5.80. The van der Waals surface area contributed by atoms with Gasteiger partial charge in [-0.2, -0.15) is 5.10 Å². The topological polar surface area (TPSA) is 55.0 Å². The molecule has 0 spiro atoms. The Kier molecular flexibility index (Phi) is 3.42. The van der Waals surface area contributed by atoms with Crippen LogP contribution in [0, 0.1) is 0 Å². The predicted octanol–water partition coefficient (Wildman–Crippen LogP) is 1.89. The number of aromatic nitrogens is 2. The van der Waals surface area contributed by atoms with Crippen LogP contribution in [0.3, 0.4) is 0 Å². The highest BCUT2D eigenvalue weighted by Gasteiger charge is 2.17. The van der Waals surface area contributed by atoms with Gasteiger partial charge in [-0.25, -0.2) is 0 Å². The number of nitrogens with zero attached hydrogens (tertiary/aromatic N) is 3. The molecular weight excluding hydrogens is 236 g/mol. The van der Waals surface area contributed by atoms with Gasteiger partial charge in [-0.3, -0.25) is 0 Å². The van der Waals surface area contributed by atoms with Crippen molar-refractivity contribution in [2.45, 2.75) is 25.9 Å². The van der Waals surface area contributed by atoms with Gasteiger partial charge in [0, 0.05) is 25.2 Å². The van der Waals surface area contributed by atoms with Gasteiger partial charge in [0.25, 0.3) is 0 Å². The van der Waals surface area contributed by atoms with Gasteiger partial charge < -0.3 is 10.6 Å². The molecule has 2 heterocycles. The van der Waals surface area contributed by atoms with E-state index in [4.69, 9.17) is 5.73 Å². The molecule has 98 valence electrons. The van der Waals surface area contributed by atoms with E-state index in [0.717, 1.165) is 37.3 Å². The molecule has 2 N–H and O–H groups in total. The number of hydrogen-bond donors (Lipinski definition) is 1. The van der Waals surface area contributed by atoms with Crippen molar-refractivity contribution in [3.63, 3.8) is 0 Å². The fourth-order valence-corrected chi connectivity index (χ4v) is 2.66. The second-order valence-corrected chi connectivity index (χ2v) is 4.88. The van der Waals surface area contributed by atoms with E-state index in [1.807, 2.05) is 6.07 Å². The average Bonchev–Trinajstić information content (AvgIpc) is 2.69. The van der Waals surface area contributed by atoms with Gasteiger partial charge in [0.2, 0.25) is 0 Å². The Morgan fingerprint density at radius 2 is 2.00 bits per heavy atom. The van der Waals surface area contributed by atoms with Crippen LogP contribution in [0.1, 0.15) is 23.1 Å². The van der Waals surface area contributed by atoms with Crippen LogP contribution in [-0.2, 0) is 19.5 Å². The van der Waals surface area contributed by atoms with E-state index in [9.17, 15) is 0 Å². The minimum absolute atomic E-state index is 0.503. The Morgan fingerprint density at radius 1 is 1.16 bits per heavy atom. The Hall–Kier alpha value is -1.94. The molecule has 2 aromatic rings. The van der Waals surface area contributed by atoms with Crippen LogP contribution < -0.4 is 10.6 Å². The molecule has 4 nitrogen and oxygen atoms in total.